The average molecular weight is 194 g/mol. The van der Waals surface area contributed by atoms with Crippen molar-refractivity contribution in [1.82, 2.24) is 0 Å². The lowest BCUT2D eigenvalue weighted by atomic mass is 9.81. The lowest BCUT2D eigenvalue weighted by Gasteiger charge is -2.21. The van der Waals surface area contributed by atoms with E-state index in [-0.39, 0.29) is 36.3 Å². The van der Waals surface area contributed by atoms with Crippen LogP contribution in [0.2, 0.25) is 0 Å². The molecule has 0 aromatic heterocycles. The van der Waals surface area contributed by atoms with Crippen molar-refractivity contribution in [3.63, 3.8) is 0 Å². The van der Waals surface area contributed by atoms with Gasteiger partial charge in [0.1, 0.15) is 11.6 Å². The molecule has 0 N–H and O–H groups in total. The maximum absolute atomic E-state index is 11.6. The maximum Gasteiger partial charge on any atom is 0.126 e. The first-order chi connectivity index (χ1) is 7.25. The number of fused-ring (bicyclic) bond motifs is 1. The van der Waals surface area contributed by atoms with Crippen molar-refractivity contribution in [2.24, 2.45) is 11.8 Å². The largest absolute Gasteiger partial charge is 0.298 e. The van der Waals surface area contributed by atoms with Crippen molar-refractivity contribution in [3.8, 4) is 0 Å². The Kier molecular flexibility index (Phi) is 3.28. The number of carbonyl (C=O) groups is 2. The third-order valence-electron chi connectivity index (χ3n) is 3.03. The normalized spacial score (nSPS) is 31.6. The Hall–Kier alpha value is -0.725. The Bertz CT molecular complexity index is 273. The van der Waals surface area contributed by atoms with Crippen LogP contribution < -0.4 is 0 Å². The first-order valence-electron chi connectivity index (χ1n) is 6.20. The summed E-state index contributed by atoms with van der Waals surface area (Å²) >= 11 is 0. The van der Waals surface area contributed by atoms with E-state index in [0.29, 0.717) is 0 Å². The van der Waals surface area contributed by atoms with Gasteiger partial charge in [-0.1, -0.05) is 26.7 Å². The summed E-state index contributed by atoms with van der Waals surface area (Å²) in [5.74, 6) is -0.155. The highest BCUT2D eigenvalue weighted by Gasteiger charge is 2.41. The van der Waals surface area contributed by atoms with E-state index in [1.165, 1.54) is 0 Å². The molecule has 78 valence electrons. The van der Waals surface area contributed by atoms with Crippen LogP contribution in [0.1, 0.15) is 39.5 Å². The molecule has 2 unspecified atom stereocenters. The van der Waals surface area contributed by atoms with Gasteiger partial charge in [-0.2, -0.15) is 12.9 Å². The van der Waals surface area contributed by atoms with E-state index < -0.39 is 0 Å². The van der Waals surface area contributed by atoms with E-state index in [0.717, 1.165) is 25.7 Å². The second kappa shape index (κ2) is 4.67. The smallest absolute Gasteiger partial charge is 0.126 e. The van der Waals surface area contributed by atoms with Gasteiger partial charge in [-0.05, 0) is 12.8 Å². The molecular weight excluding hydrogens is 175 g/mol. The zero-order valence-electron chi connectivity index (χ0n) is 10.0. The zero-order chi connectivity index (χ0) is 11.4. The van der Waals surface area contributed by atoms with Crippen molar-refractivity contribution < 1.29 is 9.59 Å². The summed E-state index contributed by atoms with van der Waals surface area (Å²) in [6.07, 6.45) is 3.84. The molecule has 2 aliphatic carbocycles. The molecule has 2 aliphatic rings. The van der Waals surface area contributed by atoms with Gasteiger partial charge in [0.15, 0.2) is 0 Å². The summed E-state index contributed by atoms with van der Waals surface area (Å²) in [4.78, 5) is 23.2. The minimum absolute atomic E-state index is 0.0234. The van der Waals surface area contributed by atoms with E-state index in [1.54, 1.807) is 0 Å². The Morgan fingerprint density at radius 1 is 1.14 bits per heavy atom. The third kappa shape index (κ3) is 1.72. The van der Waals surface area contributed by atoms with Crippen LogP contribution in [-0.4, -0.2) is 25.8 Å². The highest BCUT2D eigenvalue weighted by Crippen LogP contribution is 2.36. The van der Waals surface area contributed by atoms with E-state index >= 15 is 0 Å². The third-order valence-corrected chi connectivity index (χ3v) is 3.03. The predicted molar refractivity (Wildman–Crippen MR) is 60.4 cm³/mol. The Balaban J connectivity index is 0.000000531. The Morgan fingerprint density at radius 2 is 1.57 bits per heavy atom. The minimum Gasteiger partial charge on any atom is -0.298 e. The number of hydrogen-bond acceptors (Lipinski definition) is 2. The summed E-state index contributed by atoms with van der Waals surface area (Å²) in [6, 6.07) is 0. The first kappa shape index (κ1) is 9.82. The molecule has 2 saturated carbocycles. The van der Waals surface area contributed by atoms with Gasteiger partial charge in [-0.3, -0.25) is 9.59 Å². The lowest BCUT2D eigenvalue weighted by Crippen LogP contribution is -2.21. The topological polar surface area (TPSA) is 34.1 Å². The van der Waals surface area contributed by atoms with Gasteiger partial charge < -0.3 is 0 Å². The molecule has 3 heteroatoms. The molecule has 0 saturated heterocycles. The monoisotopic (exact) mass is 194 g/mol. The fraction of sp³-hybridized carbons (Fsp3) is 0.727. The number of ketones is 2. The molecule has 0 bridgehead atoms. The molecule has 0 spiro atoms. The van der Waals surface area contributed by atoms with Gasteiger partial charge in [0, 0.05) is 11.8 Å². The van der Waals surface area contributed by atoms with Crippen LogP contribution in [0.3, 0.4) is 0 Å². The standard InChI is InChI=1S/C9H12BO2.C2H6/c10-7-8(11)5-3-1-2-4-6(5)9(7)12;1-2/h5-6H,1-4,10H2;1-2H3/q-1;/i10D;. The fourth-order valence-corrected chi connectivity index (χ4v) is 2.33. The van der Waals surface area contributed by atoms with Gasteiger partial charge in [-0.15, -0.1) is 0 Å². The lowest BCUT2D eigenvalue weighted by molar-refractivity contribution is -0.120. The molecule has 2 rings (SSSR count). The molecule has 0 aliphatic heterocycles. The van der Waals surface area contributed by atoms with E-state index in [4.69, 9.17) is 1.34 Å². The summed E-state index contributed by atoms with van der Waals surface area (Å²) < 4.78 is 7.13. The van der Waals surface area contributed by atoms with Gasteiger partial charge in [0.2, 0.25) is 0 Å². The van der Waals surface area contributed by atoms with Gasteiger partial charge >= 0.3 is 0 Å². The van der Waals surface area contributed by atoms with Crippen LogP contribution in [-0.2, 0) is 9.59 Å². The molecule has 14 heavy (non-hydrogen) atoms. The van der Waals surface area contributed by atoms with E-state index in [9.17, 15) is 9.59 Å². The van der Waals surface area contributed by atoms with Crippen LogP contribution in [0.25, 0.3) is 0 Å². The highest BCUT2D eigenvalue weighted by atomic mass is 16.2. The molecule has 2 nitrogen and oxygen atoms in total. The quantitative estimate of drug-likeness (QED) is 0.534. The molecule has 0 amide bonds. The SMILES string of the molecule is CC.[2H][BH-]=C1C(=O)C2CCCCC2C1=O. The number of hydrogen-bond donors (Lipinski definition) is 0. The van der Waals surface area contributed by atoms with Crippen LogP contribution in [0.4, 0.5) is 0 Å². The number of rotatable bonds is 0. The Morgan fingerprint density at radius 3 is 1.93 bits per heavy atom. The van der Waals surface area contributed by atoms with Crippen molar-refractivity contribution in [2.75, 3.05) is 0 Å². The minimum atomic E-state index is -0.120. The van der Waals surface area contributed by atoms with Crippen molar-refractivity contribution >= 4 is 24.5 Å². The van der Waals surface area contributed by atoms with Gasteiger partial charge in [0.25, 0.3) is 0 Å². The van der Waals surface area contributed by atoms with Crippen LogP contribution in [0.15, 0.2) is 0 Å². The second-order valence-corrected chi connectivity index (χ2v) is 3.70. The first-order valence-corrected chi connectivity index (χ1v) is 5.49. The molecule has 0 radical (unpaired) electrons. The Labute approximate surface area is 87.5 Å². The second-order valence-electron chi connectivity index (χ2n) is 3.70. The van der Waals surface area contributed by atoms with E-state index in [1.807, 2.05) is 13.8 Å². The van der Waals surface area contributed by atoms with E-state index in [2.05, 4.69) is 0 Å². The summed E-state index contributed by atoms with van der Waals surface area (Å²) in [5, 5.41) is 0. The molecule has 2 atom stereocenters. The predicted octanol–water partition coefficient (Wildman–Crippen LogP) is 0.776. The van der Waals surface area contributed by atoms with Crippen molar-refractivity contribution in [2.45, 2.75) is 39.5 Å². The molecular formula is C11H18BO2-. The number of Topliss-reactive ketones (excluding diaryl/α,β-unsaturated/α-hetero) is 2. The molecule has 0 aromatic rings. The summed E-state index contributed by atoms with van der Waals surface area (Å²) in [6.45, 7) is 4.00. The molecule has 0 aromatic carbocycles. The number of carbonyl (C=O) groups excluding carboxylic acids is 2. The summed E-state index contributed by atoms with van der Waals surface area (Å²) in [5.41, 5.74) is 0.261. The van der Waals surface area contributed by atoms with Crippen LogP contribution in [0.5, 0.6) is 0 Å². The van der Waals surface area contributed by atoms with Crippen molar-refractivity contribution in [3.05, 3.63) is 0 Å². The van der Waals surface area contributed by atoms with Crippen LogP contribution >= 0.6 is 0 Å². The average Bonchev–Trinajstić information content (AvgIpc) is 2.55. The highest BCUT2D eigenvalue weighted by molar-refractivity contribution is 6.85. The van der Waals surface area contributed by atoms with Crippen molar-refractivity contribution in [1.29, 1.82) is 1.34 Å². The molecule has 0 heterocycles. The zero-order valence-corrected chi connectivity index (χ0v) is 9.01. The van der Waals surface area contributed by atoms with Crippen LogP contribution in [0, 0.1) is 11.8 Å². The maximum atomic E-state index is 11.6. The van der Waals surface area contributed by atoms with Gasteiger partial charge in [-0.25, -0.2) is 1.34 Å². The summed E-state index contributed by atoms with van der Waals surface area (Å²) in [7, 11) is -0.120. The fourth-order valence-electron chi connectivity index (χ4n) is 2.33. The molecule has 2 fully saturated rings. The van der Waals surface area contributed by atoms with Gasteiger partial charge in [0.05, 0.1) is 0 Å².